The van der Waals surface area contributed by atoms with Crippen molar-refractivity contribution in [1.29, 1.82) is 0 Å². The van der Waals surface area contributed by atoms with Crippen LogP contribution in [-0.4, -0.2) is 42.8 Å². The minimum atomic E-state index is -0.160. The molecule has 0 atom stereocenters. The molecule has 0 aliphatic carbocycles. The Balaban J connectivity index is 0.00000154. The lowest BCUT2D eigenvalue weighted by atomic mass is 10.1. The van der Waals surface area contributed by atoms with Crippen LogP contribution in [0, 0.1) is 0 Å². The van der Waals surface area contributed by atoms with Crippen molar-refractivity contribution in [3.05, 3.63) is 0 Å². The highest BCUT2D eigenvalue weighted by atomic mass is 16.6. The van der Waals surface area contributed by atoms with Crippen molar-refractivity contribution < 1.29 is 9.53 Å². The van der Waals surface area contributed by atoms with Gasteiger partial charge in [0, 0.05) is 19.1 Å². The molecule has 0 radical (unpaired) electrons. The van der Waals surface area contributed by atoms with Gasteiger partial charge in [0.05, 0.1) is 6.10 Å². The van der Waals surface area contributed by atoms with Crippen LogP contribution in [0.1, 0.15) is 60.3 Å². The zero-order chi connectivity index (χ0) is 14.7. The molecule has 0 bridgehead atoms. The van der Waals surface area contributed by atoms with Crippen LogP contribution in [0.2, 0.25) is 0 Å². The van der Waals surface area contributed by atoms with Crippen LogP contribution >= 0.6 is 0 Å². The summed E-state index contributed by atoms with van der Waals surface area (Å²) in [6, 6.07) is 0.574. The van der Waals surface area contributed by atoms with E-state index in [1.807, 2.05) is 32.6 Å². The number of hydrogen-bond acceptors (Lipinski definition) is 3. The Kier molecular flexibility index (Phi) is 10.6. The van der Waals surface area contributed by atoms with Gasteiger partial charge in [0.15, 0.2) is 0 Å². The third-order valence-electron chi connectivity index (χ3n) is 3.05. The Morgan fingerprint density at radius 3 is 2.37 bits per heavy atom. The zero-order valence-electron chi connectivity index (χ0n) is 13.4. The molecule has 114 valence electrons. The molecule has 19 heavy (non-hydrogen) atoms. The van der Waals surface area contributed by atoms with Gasteiger partial charge in [-0.1, -0.05) is 27.2 Å². The first kappa shape index (κ1) is 18.2. The number of nitrogens with zero attached hydrogens (tertiary/aromatic N) is 1. The number of likely N-dealkylation sites (tertiary alicyclic amines) is 1. The lowest BCUT2D eigenvalue weighted by Crippen LogP contribution is -2.45. The average molecular weight is 272 g/mol. The van der Waals surface area contributed by atoms with E-state index in [-0.39, 0.29) is 12.2 Å². The van der Waals surface area contributed by atoms with Gasteiger partial charge in [0.25, 0.3) is 0 Å². The molecule has 1 saturated heterocycles. The lowest BCUT2D eigenvalue weighted by Gasteiger charge is -2.32. The fraction of sp³-hybridized carbons (Fsp3) is 0.933. The summed E-state index contributed by atoms with van der Waals surface area (Å²) in [5.74, 6) is 0. The number of amides is 1. The van der Waals surface area contributed by atoms with Gasteiger partial charge < -0.3 is 15.0 Å². The minimum absolute atomic E-state index is 0.0251. The Morgan fingerprint density at radius 1 is 1.32 bits per heavy atom. The molecule has 4 heteroatoms. The van der Waals surface area contributed by atoms with Gasteiger partial charge in [0.2, 0.25) is 0 Å². The third-order valence-corrected chi connectivity index (χ3v) is 3.05. The van der Waals surface area contributed by atoms with Gasteiger partial charge in [-0.05, 0) is 39.7 Å². The van der Waals surface area contributed by atoms with E-state index in [1.165, 1.54) is 12.8 Å². The summed E-state index contributed by atoms with van der Waals surface area (Å²) in [4.78, 5) is 13.5. The second-order valence-electron chi connectivity index (χ2n) is 5.00. The normalized spacial score (nSPS) is 16.0. The Bertz CT molecular complexity index is 224. The topological polar surface area (TPSA) is 41.6 Å². The molecule has 1 aliphatic rings. The summed E-state index contributed by atoms with van der Waals surface area (Å²) in [6.07, 6.45) is 4.35. The highest BCUT2D eigenvalue weighted by molar-refractivity contribution is 5.67. The number of rotatable bonds is 5. The number of ether oxygens (including phenoxy) is 1. The molecular weight excluding hydrogens is 240 g/mol. The monoisotopic (exact) mass is 272 g/mol. The molecule has 1 N–H and O–H groups in total. The second kappa shape index (κ2) is 11.1. The number of piperidine rings is 1. The highest BCUT2D eigenvalue weighted by Crippen LogP contribution is 2.12. The Morgan fingerprint density at radius 2 is 1.89 bits per heavy atom. The van der Waals surface area contributed by atoms with Crippen LogP contribution in [0.25, 0.3) is 0 Å². The molecular formula is C15H32N2O2. The van der Waals surface area contributed by atoms with E-state index in [0.717, 1.165) is 32.5 Å². The first-order valence-corrected chi connectivity index (χ1v) is 7.82. The summed E-state index contributed by atoms with van der Waals surface area (Å²) in [6.45, 7) is 12.7. The summed E-state index contributed by atoms with van der Waals surface area (Å²) in [7, 11) is 0. The molecule has 0 aromatic carbocycles. The molecule has 0 aromatic rings. The third kappa shape index (κ3) is 8.09. The highest BCUT2D eigenvalue weighted by Gasteiger charge is 2.23. The fourth-order valence-electron chi connectivity index (χ4n) is 2.03. The molecule has 4 nitrogen and oxygen atoms in total. The van der Waals surface area contributed by atoms with Crippen LogP contribution in [0.3, 0.4) is 0 Å². The molecule has 0 unspecified atom stereocenters. The van der Waals surface area contributed by atoms with Crippen molar-refractivity contribution in [2.24, 2.45) is 0 Å². The first-order chi connectivity index (χ1) is 9.13. The number of nitrogens with one attached hydrogen (secondary N) is 1. The van der Waals surface area contributed by atoms with E-state index in [0.29, 0.717) is 6.04 Å². The van der Waals surface area contributed by atoms with Gasteiger partial charge in [-0.2, -0.15) is 0 Å². The predicted octanol–water partition coefficient (Wildman–Crippen LogP) is 3.41. The summed E-state index contributed by atoms with van der Waals surface area (Å²) in [5.41, 5.74) is 0. The van der Waals surface area contributed by atoms with E-state index < -0.39 is 0 Å². The van der Waals surface area contributed by atoms with Crippen molar-refractivity contribution in [2.75, 3.05) is 19.6 Å². The van der Waals surface area contributed by atoms with Crippen molar-refractivity contribution in [1.82, 2.24) is 10.2 Å². The lowest BCUT2D eigenvalue weighted by molar-refractivity contribution is 0.0679. The minimum Gasteiger partial charge on any atom is -0.447 e. The molecule has 1 heterocycles. The van der Waals surface area contributed by atoms with Crippen LogP contribution < -0.4 is 5.32 Å². The molecule has 1 fully saturated rings. The van der Waals surface area contributed by atoms with Gasteiger partial charge >= 0.3 is 6.09 Å². The molecule has 0 aromatic heterocycles. The van der Waals surface area contributed by atoms with E-state index in [4.69, 9.17) is 4.74 Å². The van der Waals surface area contributed by atoms with Crippen molar-refractivity contribution in [3.8, 4) is 0 Å². The number of hydrogen-bond donors (Lipinski definition) is 1. The second-order valence-corrected chi connectivity index (χ2v) is 5.00. The van der Waals surface area contributed by atoms with Gasteiger partial charge in [-0.15, -0.1) is 0 Å². The van der Waals surface area contributed by atoms with Gasteiger partial charge in [-0.25, -0.2) is 4.79 Å². The number of unbranched alkanes of at least 4 members (excludes halogenated alkanes) is 1. The maximum Gasteiger partial charge on any atom is 0.410 e. The van der Waals surface area contributed by atoms with E-state index >= 15 is 0 Å². The zero-order valence-corrected chi connectivity index (χ0v) is 13.4. The van der Waals surface area contributed by atoms with Crippen molar-refractivity contribution in [2.45, 2.75) is 72.4 Å². The quantitative estimate of drug-likeness (QED) is 0.780. The average Bonchev–Trinajstić information content (AvgIpc) is 2.41. The molecule has 1 aliphatic heterocycles. The molecule has 1 amide bonds. The van der Waals surface area contributed by atoms with E-state index in [9.17, 15) is 4.79 Å². The summed E-state index contributed by atoms with van der Waals surface area (Å²) >= 11 is 0. The number of carbonyl (C=O) groups is 1. The van der Waals surface area contributed by atoms with Crippen molar-refractivity contribution >= 4 is 6.09 Å². The first-order valence-electron chi connectivity index (χ1n) is 7.82. The predicted molar refractivity (Wildman–Crippen MR) is 80.5 cm³/mol. The van der Waals surface area contributed by atoms with Crippen LogP contribution in [-0.2, 0) is 4.74 Å². The Hall–Kier alpha value is -0.770. The van der Waals surface area contributed by atoms with Crippen LogP contribution in [0.15, 0.2) is 0 Å². The molecule has 0 saturated carbocycles. The molecule has 1 rings (SSSR count). The fourth-order valence-corrected chi connectivity index (χ4v) is 2.03. The maximum atomic E-state index is 11.7. The van der Waals surface area contributed by atoms with Crippen molar-refractivity contribution in [3.63, 3.8) is 0 Å². The van der Waals surface area contributed by atoms with Crippen LogP contribution in [0.5, 0.6) is 0 Å². The number of carbonyl (C=O) groups excluding carboxylic acids is 1. The SMILES string of the molecule is CC.CCCCNC1CCN(C(=O)OC(C)C)CC1. The van der Waals surface area contributed by atoms with E-state index in [2.05, 4.69) is 12.2 Å². The Labute approximate surface area is 118 Å². The van der Waals surface area contributed by atoms with Crippen LogP contribution in [0.4, 0.5) is 4.79 Å². The standard InChI is InChI=1S/C13H26N2O2.C2H6/c1-4-5-8-14-12-6-9-15(10-7-12)13(16)17-11(2)3;1-2/h11-12,14H,4-10H2,1-3H3;1-2H3. The van der Waals surface area contributed by atoms with E-state index in [1.54, 1.807) is 0 Å². The summed E-state index contributed by atoms with van der Waals surface area (Å²) in [5, 5.41) is 3.54. The maximum absolute atomic E-state index is 11.7. The molecule has 0 spiro atoms. The smallest absolute Gasteiger partial charge is 0.410 e. The largest absolute Gasteiger partial charge is 0.447 e. The summed E-state index contributed by atoms with van der Waals surface area (Å²) < 4.78 is 5.19. The van der Waals surface area contributed by atoms with Gasteiger partial charge in [-0.3, -0.25) is 0 Å². The van der Waals surface area contributed by atoms with Gasteiger partial charge in [0.1, 0.15) is 0 Å².